The molecule has 112 valence electrons. The topological polar surface area (TPSA) is 50.4 Å². The lowest BCUT2D eigenvalue weighted by atomic mass is 9.77. The minimum absolute atomic E-state index is 0. The van der Waals surface area contributed by atoms with Gasteiger partial charge in [0.25, 0.3) is 0 Å². The summed E-state index contributed by atoms with van der Waals surface area (Å²) in [5.74, 6) is 0.368. The molecule has 0 aromatic heterocycles. The molecule has 5 heteroatoms. The first-order chi connectivity index (χ1) is 8.59. The number of halogens is 1. The Labute approximate surface area is 122 Å². The van der Waals surface area contributed by atoms with Crippen molar-refractivity contribution in [3.8, 4) is 0 Å². The summed E-state index contributed by atoms with van der Waals surface area (Å²) < 4.78 is 5.29. The van der Waals surface area contributed by atoms with Gasteiger partial charge in [-0.1, -0.05) is 13.8 Å². The minimum atomic E-state index is 0. The number of amides is 1. The van der Waals surface area contributed by atoms with Crippen molar-refractivity contribution >= 4 is 18.3 Å². The third kappa shape index (κ3) is 4.62. The number of rotatable bonds is 3. The van der Waals surface area contributed by atoms with Crippen molar-refractivity contribution in [1.29, 1.82) is 0 Å². The Morgan fingerprint density at radius 3 is 2.68 bits per heavy atom. The fourth-order valence-corrected chi connectivity index (χ4v) is 2.93. The fraction of sp³-hybridized carbons (Fsp3) is 0.929. The normalized spacial score (nSPS) is 27.4. The molecule has 0 aromatic carbocycles. The zero-order chi connectivity index (χ0) is 13.0. The highest BCUT2D eigenvalue weighted by atomic mass is 35.5. The molecule has 2 saturated heterocycles. The molecule has 2 aliphatic heterocycles. The van der Waals surface area contributed by atoms with Crippen LogP contribution in [0.3, 0.4) is 0 Å². The lowest BCUT2D eigenvalue weighted by molar-refractivity contribution is -0.128. The summed E-state index contributed by atoms with van der Waals surface area (Å²) in [5, 5.41) is 6.65. The highest BCUT2D eigenvalue weighted by molar-refractivity contribution is 5.85. The van der Waals surface area contributed by atoms with Gasteiger partial charge in [-0.2, -0.15) is 0 Å². The molecule has 2 heterocycles. The second-order valence-electron chi connectivity index (χ2n) is 6.23. The van der Waals surface area contributed by atoms with Crippen LogP contribution in [0.5, 0.6) is 0 Å². The molecule has 2 fully saturated rings. The zero-order valence-electron chi connectivity index (χ0n) is 12.0. The molecular weight excluding hydrogens is 264 g/mol. The van der Waals surface area contributed by atoms with E-state index < -0.39 is 0 Å². The van der Waals surface area contributed by atoms with E-state index >= 15 is 0 Å². The van der Waals surface area contributed by atoms with E-state index in [4.69, 9.17) is 4.74 Å². The van der Waals surface area contributed by atoms with E-state index in [1.54, 1.807) is 0 Å². The average molecular weight is 291 g/mol. The Morgan fingerprint density at radius 2 is 2.05 bits per heavy atom. The van der Waals surface area contributed by atoms with Crippen LogP contribution in [0.25, 0.3) is 0 Å². The molecule has 0 spiro atoms. The molecule has 0 bridgehead atoms. The van der Waals surface area contributed by atoms with E-state index in [1.165, 1.54) is 12.8 Å². The van der Waals surface area contributed by atoms with Gasteiger partial charge >= 0.3 is 0 Å². The van der Waals surface area contributed by atoms with Crippen LogP contribution in [-0.4, -0.2) is 38.3 Å². The summed E-state index contributed by atoms with van der Waals surface area (Å²) in [6.45, 7) is 7.84. The van der Waals surface area contributed by atoms with Gasteiger partial charge in [-0.3, -0.25) is 4.79 Å². The van der Waals surface area contributed by atoms with Crippen molar-refractivity contribution in [1.82, 2.24) is 10.6 Å². The predicted octanol–water partition coefficient (Wildman–Crippen LogP) is 1.73. The van der Waals surface area contributed by atoms with Crippen LogP contribution in [0, 0.1) is 11.3 Å². The van der Waals surface area contributed by atoms with E-state index in [1.807, 2.05) is 0 Å². The van der Waals surface area contributed by atoms with Gasteiger partial charge in [-0.15, -0.1) is 12.4 Å². The molecule has 1 unspecified atom stereocenters. The van der Waals surface area contributed by atoms with Crippen LogP contribution < -0.4 is 10.6 Å². The molecule has 0 saturated carbocycles. The van der Waals surface area contributed by atoms with Crippen LogP contribution >= 0.6 is 12.4 Å². The van der Waals surface area contributed by atoms with Gasteiger partial charge in [0.1, 0.15) is 0 Å². The maximum atomic E-state index is 12.1. The van der Waals surface area contributed by atoms with Gasteiger partial charge in [0.05, 0.1) is 0 Å². The second-order valence-corrected chi connectivity index (χ2v) is 6.23. The lowest BCUT2D eigenvalue weighted by Crippen LogP contribution is -2.53. The molecular formula is C14H27ClN2O2. The number of hydrogen-bond acceptors (Lipinski definition) is 3. The van der Waals surface area contributed by atoms with Gasteiger partial charge in [-0.25, -0.2) is 0 Å². The van der Waals surface area contributed by atoms with Crippen molar-refractivity contribution in [2.45, 2.75) is 45.6 Å². The summed E-state index contributed by atoms with van der Waals surface area (Å²) in [7, 11) is 0. The molecule has 0 aromatic rings. The third-order valence-electron chi connectivity index (χ3n) is 4.40. The number of nitrogens with one attached hydrogen (secondary N) is 2. The summed E-state index contributed by atoms with van der Waals surface area (Å²) in [6, 6.07) is 0.398. The summed E-state index contributed by atoms with van der Waals surface area (Å²) in [5.41, 5.74) is 0.279. The van der Waals surface area contributed by atoms with E-state index in [2.05, 4.69) is 24.5 Å². The highest BCUT2D eigenvalue weighted by Crippen LogP contribution is 2.29. The molecule has 2 N–H and O–H groups in total. The smallest absolute Gasteiger partial charge is 0.223 e. The van der Waals surface area contributed by atoms with E-state index in [0.717, 1.165) is 39.1 Å². The Morgan fingerprint density at radius 1 is 1.37 bits per heavy atom. The number of carbonyl (C=O) groups is 1. The average Bonchev–Trinajstić information content (AvgIpc) is 2.38. The fourth-order valence-electron chi connectivity index (χ4n) is 2.93. The Hall–Kier alpha value is -0.320. The first kappa shape index (κ1) is 16.7. The first-order valence-corrected chi connectivity index (χ1v) is 7.18. The van der Waals surface area contributed by atoms with E-state index in [0.29, 0.717) is 6.04 Å². The Kier molecular flexibility index (Phi) is 6.57. The van der Waals surface area contributed by atoms with Crippen molar-refractivity contribution in [3.63, 3.8) is 0 Å². The largest absolute Gasteiger partial charge is 0.381 e. The van der Waals surface area contributed by atoms with Gasteiger partial charge in [0, 0.05) is 31.7 Å². The standard InChI is InChI=1S/C14H26N2O2.ClH/c1-14(2)6-3-7-15-12(14)10-16-13(17)11-4-8-18-9-5-11;/h11-12,15H,3-10H2,1-2H3,(H,16,17);1H. The van der Waals surface area contributed by atoms with Crippen LogP contribution in [0.2, 0.25) is 0 Å². The van der Waals surface area contributed by atoms with Crippen molar-refractivity contribution in [2.24, 2.45) is 11.3 Å². The zero-order valence-corrected chi connectivity index (χ0v) is 12.9. The summed E-state index contributed by atoms with van der Waals surface area (Å²) in [4.78, 5) is 12.1. The van der Waals surface area contributed by atoms with Gasteiger partial charge in [-0.05, 0) is 37.6 Å². The van der Waals surface area contributed by atoms with E-state index in [9.17, 15) is 4.79 Å². The maximum absolute atomic E-state index is 12.1. The van der Waals surface area contributed by atoms with Gasteiger partial charge in [0.2, 0.25) is 5.91 Å². The van der Waals surface area contributed by atoms with Crippen LogP contribution in [0.4, 0.5) is 0 Å². The SMILES string of the molecule is CC1(C)CCCNC1CNC(=O)C1CCOCC1.Cl. The second kappa shape index (κ2) is 7.46. The molecule has 19 heavy (non-hydrogen) atoms. The van der Waals surface area contributed by atoms with E-state index in [-0.39, 0.29) is 29.6 Å². The number of piperidine rings is 1. The Balaban J connectivity index is 0.00000180. The number of hydrogen-bond donors (Lipinski definition) is 2. The van der Waals surface area contributed by atoms with Crippen LogP contribution in [0.1, 0.15) is 39.5 Å². The molecule has 0 aliphatic carbocycles. The monoisotopic (exact) mass is 290 g/mol. The highest BCUT2D eigenvalue weighted by Gasteiger charge is 2.32. The maximum Gasteiger partial charge on any atom is 0.223 e. The van der Waals surface area contributed by atoms with Crippen LogP contribution in [-0.2, 0) is 9.53 Å². The first-order valence-electron chi connectivity index (χ1n) is 7.18. The molecule has 4 nitrogen and oxygen atoms in total. The van der Waals surface area contributed by atoms with Gasteiger partial charge in [0.15, 0.2) is 0 Å². The lowest BCUT2D eigenvalue weighted by Gasteiger charge is -2.39. The predicted molar refractivity (Wildman–Crippen MR) is 78.6 cm³/mol. The third-order valence-corrected chi connectivity index (χ3v) is 4.40. The van der Waals surface area contributed by atoms with Crippen molar-refractivity contribution in [2.75, 3.05) is 26.3 Å². The van der Waals surface area contributed by atoms with Crippen molar-refractivity contribution in [3.05, 3.63) is 0 Å². The van der Waals surface area contributed by atoms with Crippen LogP contribution in [0.15, 0.2) is 0 Å². The van der Waals surface area contributed by atoms with Crippen molar-refractivity contribution < 1.29 is 9.53 Å². The molecule has 1 amide bonds. The Bertz CT molecular complexity index is 291. The number of carbonyl (C=O) groups excluding carboxylic acids is 1. The quantitative estimate of drug-likeness (QED) is 0.832. The molecule has 0 radical (unpaired) electrons. The summed E-state index contributed by atoms with van der Waals surface area (Å²) in [6.07, 6.45) is 4.20. The summed E-state index contributed by atoms with van der Waals surface area (Å²) >= 11 is 0. The molecule has 2 rings (SSSR count). The molecule has 1 atom stereocenters. The minimum Gasteiger partial charge on any atom is -0.381 e. The number of ether oxygens (including phenoxy) is 1. The molecule has 2 aliphatic rings. The van der Waals surface area contributed by atoms with Gasteiger partial charge < -0.3 is 15.4 Å².